The van der Waals surface area contributed by atoms with Crippen molar-refractivity contribution in [2.45, 2.75) is 65.3 Å². The zero-order valence-corrected chi connectivity index (χ0v) is 18.2. The number of nitrogens with zero attached hydrogens (tertiary/aromatic N) is 4. The van der Waals surface area contributed by atoms with Crippen LogP contribution < -0.4 is 5.32 Å². The second-order valence-electron chi connectivity index (χ2n) is 9.42. The molecule has 1 amide bonds. The summed E-state index contributed by atoms with van der Waals surface area (Å²) in [6, 6.07) is 11.9. The molecule has 6 nitrogen and oxygen atoms in total. The van der Waals surface area contributed by atoms with Crippen LogP contribution >= 0.6 is 0 Å². The summed E-state index contributed by atoms with van der Waals surface area (Å²) in [6.07, 6.45) is 4.81. The molecule has 3 aromatic rings. The second-order valence-corrected chi connectivity index (χ2v) is 9.42. The zero-order chi connectivity index (χ0) is 21.2. The van der Waals surface area contributed by atoms with Gasteiger partial charge in [-0.2, -0.15) is 10.2 Å². The molecule has 2 aromatic heterocycles. The van der Waals surface area contributed by atoms with Crippen molar-refractivity contribution < 1.29 is 4.79 Å². The van der Waals surface area contributed by atoms with Crippen LogP contribution in [-0.2, 0) is 22.2 Å². The molecule has 0 fully saturated rings. The fourth-order valence-corrected chi connectivity index (χ4v) is 3.02. The summed E-state index contributed by atoms with van der Waals surface area (Å²) in [5.41, 5.74) is 2.70. The van der Waals surface area contributed by atoms with Crippen LogP contribution in [0.5, 0.6) is 0 Å². The van der Waals surface area contributed by atoms with Crippen molar-refractivity contribution in [3.8, 4) is 5.69 Å². The molecule has 0 aliphatic carbocycles. The average Bonchev–Trinajstić information content (AvgIpc) is 3.27. The molecule has 0 saturated carbocycles. The third-order valence-electron chi connectivity index (χ3n) is 4.68. The van der Waals surface area contributed by atoms with Gasteiger partial charge in [-0.25, -0.2) is 9.36 Å². The first-order valence-corrected chi connectivity index (χ1v) is 10.0. The number of carbonyl (C=O) groups excluding carboxylic acids is 1. The predicted octanol–water partition coefficient (Wildman–Crippen LogP) is 4.69. The highest BCUT2D eigenvalue weighted by Crippen LogP contribution is 2.28. The first-order chi connectivity index (χ1) is 13.5. The zero-order valence-electron chi connectivity index (χ0n) is 18.2. The van der Waals surface area contributed by atoms with Crippen LogP contribution in [0.15, 0.2) is 48.8 Å². The Labute approximate surface area is 172 Å². The lowest BCUT2D eigenvalue weighted by atomic mass is 9.92. The van der Waals surface area contributed by atoms with Crippen LogP contribution in [0.3, 0.4) is 0 Å². The number of anilines is 1. The summed E-state index contributed by atoms with van der Waals surface area (Å²) in [5.74, 6) is 0.718. The first-order valence-electron chi connectivity index (χ1n) is 10.0. The van der Waals surface area contributed by atoms with Crippen LogP contribution in [-0.4, -0.2) is 25.5 Å². The van der Waals surface area contributed by atoms with Crippen LogP contribution in [0.2, 0.25) is 0 Å². The molecular formula is C23H31N5O. The maximum atomic E-state index is 12.6. The number of benzene rings is 1. The van der Waals surface area contributed by atoms with Crippen LogP contribution in [0.4, 0.5) is 5.82 Å². The molecule has 2 heterocycles. The van der Waals surface area contributed by atoms with Crippen molar-refractivity contribution in [2.24, 2.45) is 0 Å². The largest absolute Gasteiger partial charge is 0.311 e. The summed E-state index contributed by atoms with van der Waals surface area (Å²) in [6.45, 7) is 12.6. The number of aryl methyl sites for hydroxylation is 1. The molecule has 29 heavy (non-hydrogen) atoms. The van der Waals surface area contributed by atoms with Gasteiger partial charge in [0, 0.05) is 24.1 Å². The highest BCUT2D eigenvalue weighted by molar-refractivity contribution is 5.90. The number of para-hydroxylation sites is 1. The minimum Gasteiger partial charge on any atom is -0.311 e. The summed E-state index contributed by atoms with van der Waals surface area (Å²) < 4.78 is 3.73. The van der Waals surface area contributed by atoms with E-state index in [1.165, 1.54) is 0 Å². The normalized spacial score (nSPS) is 12.2. The fraction of sp³-hybridized carbons (Fsp3) is 0.435. The molecule has 1 N–H and O–H groups in total. The number of aromatic nitrogens is 4. The maximum absolute atomic E-state index is 12.6. The number of rotatable bonds is 5. The molecular weight excluding hydrogens is 362 g/mol. The molecule has 1 aromatic carbocycles. The van der Waals surface area contributed by atoms with Gasteiger partial charge < -0.3 is 5.32 Å². The van der Waals surface area contributed by atoms with Crippen molar-refractivity contribution in [1.82, 2.24) is 19.6 Å². The Morgan fingerprint density at radius 3 is 2.38 bits per heavy atom. The van der Waals surface area contributed by atoms with Gasteiger partial charge in [0.2, 0.25) is 5.91 Å². The number of nitrogens with one attached hydrogen (secondary N) is 1. The lowest BCUT2D eigenvalue weighted by Crippen LogP contribution is -2.27. The summed E-state index contributed by atoms with van der Waals surface area (Å²) in [7, 11) is 0. The van der Waals surface area contributed by atoms with Gasteiger partial charge >= 0.3 is 0 Å². The molecule has 0 bridgehead atoms. The Kier molecular flexibility index (Phi) is 5.64. The average molecular weight is 394 g/mol. The quantitative estimate of drug-likeness (QED) is 0.684. The molecule has 6 heteroatoms. The molecule has 0 radical (unpaired) electrons. The lowest BCUT2D eigenvalue weighted by Gasteiger charge is -2.23. The summed E-state index contributed by atoms with van der Waals surface area (Å²) in [4.78, 5) is 12.6. The molecule has 0 saturated heterocycles. The molecule has 0 unspecified atom stereocenters. The van der Waals surface area contributed by atoms with E-state index in [-0.39, 0.29) is 16.9 Å². The number of hydrogen-bond acceptors (Lipinski definition) is 3. The Bertz CT molecular complexity index is 971. The van der Waals surface area contributed by atoms with Crippen LogP contribution in [0.25, 0.3) is 5.69 Å². The molecule has 154 valence electrons. The van der Waals surface area contributed by atoms with Crippen molar-refractivity contribution >= 4 is 11.7 Å². The third-order valence-corrected chi connectivity index (χ3v) is 4.68. The predicted molar refractivity (Wildman–Crippen MR) is 116 cm³/mol. The van der Waals surface area contributed by atoms with Crippen LogP contribution in [0.1, 0.15) is 59.2 Å². The first kappa shape index (κ1) is 20.8. The van der Waals surface area contributed by atoms with Crippen LogP contribution in [0, 0.1) is 0 Å². The van der Waals surface area contributed by atoms with E-state index in [4.69, 9.17) is 5.10 Å². The Morgan fingerprint density at radius 1 is 1.07 bits per heavy atom. The van der Waals surface area contributed by atoms with Crippen molar-refractivity contribution in [2.75, 3.05) is 5.32 Å². The van der Waals surface area contributed by atoms with E-state index < -0.39 is 0 Å². The fourth-order valence-electron chi connectivity index (χ4n) is 3.02. The molecule has 3 rings (SSSR count). The minimum atomic E-state index is -0.219. The van der Waals surface area contributed by atoms with Gasteiger partial charge in [-0.1, -0.05) is 39.0 Å². The van der Waals surface area contributed by atoms with Crippen molar-refractivity contribution in [3.63, 3.8) is 0 Å². The number of hydrogen-bond donors (Lipinski definition) is 1. The topological polar surface area (TPSA) is 64.7 Å². The Morgan fingerprint density at radius 2 is 1.76 bits per heavy atom. The van der Waals surface area contributed by atoms with Crippen molar-refractivity contribution in [1.29, 1.82) is 0 Å². The van der Waals surface area contributed by atoms with Gasteiger partial charge in [-0.15, -0.1) is 0 Å². The molecule has 0 atom stereocenters. The van der Waals surface area contributed by atoms with E-state index in [2.05, 4.69) is 52.0 Å². The smallest absolute Gasteiger partial charge is 0.225 e. The molecule has 0 spiro atoms. The van der Waals surface area contributed by atoms with Gasteiger partial charge in [-0.3, -0.25) is 4.79 Å². The van der Waals surface area contributed by atoms with E-state index in [1.807, 2.05) is 58.2 Å². The van der Waals surface area contributed by atoms with E-state index in [0.717, 1.165) is 22.8 Å². The lowest BCUT2D eigenvalue weighted by molar-refractivity contribution is -0.116. The minimum absolute atomic E-state index is 0.0247. The van der Waals surface area contributed by atoms with E-state index in [0.29, 0.717) is 12.8 Å². The van der Waals surface area contributed by atoms with E-state index in [9.17, 15) is 4.79 Å². The number of carbonyl (C=O) groups is 1. The third kappa shape index (κ3) is 5.13. The van der Waals surface area contributed by atoms with E-state index >= 15 is 0 Å². The summed E-state index contributed by atoms with van der Waals surface area (Å²) >= 11 is 0. The standard InChI is InChI=1S/C23H31N5O/c1-22(2,3)19-14-20(28(26-19)23(4,5)6)25-21(29)13-12-17-15-24-27(16-17)18-10-8-7-9-11-18/h7-11,14-16H,12-13H2,1-6H3,(H,25,29). The van der Waals surface area contributed by atoms with Gasteiger partial charge in [0.15, 0.2) is 0 Å². The van der Waals surface area contributed by atoms with Gasteiger partial charge in [0.25, 0.3) is 0 Å². The highest BCUT2D eigenvalue weighted by Gasteiger charge is 2.25. The Balaban J connectivity index is 1.67. The highest BCUT2D eigenvalue weighted by atomic mass is 16.1. The van der Waals surface area contributed by atoms with Crippen molar-refractivity contribution in [3.05, 3.63) is 60.0 Å². The summed E-state index contributed by atoms with van der Waals surface area (Å²) in [5, 5.41) is 12.2. The second kappa shape index (κ2) is 7.85. The van der Waals surface area contributed by atoms with E-state index in [1.54, 1.807) is 0 Å². The van der Waals surface area contributed by atoms with Gasteiger partial charge in [-0.05, 0) is 44.9 Å². The Hall–Kier alpha value is -2.89. The molecule has 0 aliphatic rings. The SMILES string of the molecule is CC(C)(C)c1cc(NC(=O)CCc2cnn(-c3ccccc3)c2)n(C(C)(C)C)n1. The monoisotopic (exact) mass is 393 g/mol. The number of amides is 1. The van der Waals surface area contributed by atoms with Gasteiger partial charge in [0.05, 0.1) is 23.1 Å². The molecule has 0 aliphatic heterocycles. The maximum Gasteiger partial charge on any atom is 0.225 e. The van der Waals surface area contributed by atoms with Gasteiger partial charge in [0.1, 0.15) is 5.82 Å².